The quantitative estimate of drug-likeness (QED) is 0.321. The van der Waals surface area contributed by atoms with Crippen molar-refractivity contribution in [2.45, 2.75) is 63.9 Å². The Morgan fingerprint density at radius 1 is 1.22 bits per heavy atom. The number of hydrogen-bond acceptors (Lipinski definition) is 7. The zero-order chi connectivity index (χ0) is 26.0. The van der Waals surface area contributed by atoms with Gasteiger partial charge in [0.2, 0.25) is 5.91 Å². The van der Waals surface area contributed by atoms with Crippen molar-refractivity contribution in [1.29, 1.82) is 0 Å². The van der Waals surface area contributed by atoms with E-state index >= 15 is 0 Å². The minimum absolute atomic E-state index is 0.0283. The second kappa shape index (κ2) is 7.23. The molecule has 2 aromatic heterocycles. The summed E-state index contributed by atoms with van der Waals surface area (Å²) in [7, 11) is 0. The Morgan fingerprint density at radius 3 is 2.70 bits per heavy atom. The lowest BCUT2D eigenvalue weighted by Gasteiger charge is -2.31. The first-order chi connectivity index (χ1) is 17.7. The smallest absolute Gasteiger partial charge is 0.343 e. The molecule has 3 aliphatic heterocycles. The summed E-state index contributed by atoms with van der Waals surface area (Å²) < 4.78 is 21.6. The molecule has 1 aromatic carbocycles. The highest BCUT2D eigenvalue weighted by molar-refractivity contribution is 5.99. The van der Waals surface area contributed by atoms with Crippen molar-refractivity contribution in [2.24, 2.45) is 0 Å². The second-order valence-corrected chi connectivity index (χ2v) is 10.3. The molecule has 0 saturated carbocycles. The van der Waals surface area contributed by atoms with E-state index in [-0.39, 0.29) is 60.6 Å². The maximum atomic E-state index is 14.9. The third-order valence-corrected chi connectivity index (χ3v) is 8.66. The Bertz CT molecular complexity index is 1660. The Labute approximate surface area is 210 Å². The van der Waals surface area contributed by atoms with Crippen LogP contribution >= 0.6 is 0 Å². The van der Waals surface area contributed by atoms with Crippen LogP contribution in [0, 0.1) is 12.7 Å². The number of carbonyl (C=O) groups excluding carboxylic acids is 2. The molecule has 0 radical (unpaired) electrons. The fourth-order valence-corrected chi connectivity index (χ4v) is 6.58. The van der Waals surface area contributed by atoms with Crippen LogP contribution in [0.5, 0.6) is 0 Å². The zero-order valence-corrected chi connectivity index (χ0v) is 20.3. The maximum Gasteiger partial charge on any atom is 0.343 e. The van der Waals surface area contributed by atoms with Crippen molar-refractivity contribution in [3.8, 4) is 11.4 Å². The molecule has 9 nitrogen and oxygen atoms in total. The lowest BCUT2D eigenvalue weighted by Crippen LogP contribution is -2.44. The van der Waals surface area contributed by atoms with Crippen molar-refractivity contribution in [1.82, 2.24) is 14.5 Å². The molecule has 4 aliphatic rings. The number of pyridine rings is 2. The van der Waals surface area contributed by atoms with E-state index in [2.05, 4.69) is 0 Å². The topological polar surface area (TPSA) is 122 Å². The van der Waals surface area contributed by atoms with E-state index in [4.69, 9.17) is 9.72 Å². The molecule has 37 heavy (non-hydrogen) atoms. The number of benzene rings is 1. The minimum Gasteiger partial charge on any atom is -0.458 e. The fourth-order valence-electron chi connectivity index (χ4n) is 6.58. The molecule has 0 bridgehead atoms. The molecule has 2 N–H and O–H groups in total. The number of nitrogens with zero attached hydrogens (tertiary/aromatic N) is 3. The number of halogens is 1. The first-order valence-corrected chi connectivity index (χ1v) is 12.5. The van der Waals surface area contributed by atoms with Crippen LogP contribution in [-0.2, 0) is 39.5 Å². The molecule has 1 amide bonds. The molecular formula is C27H24FN3O6. The lowest BCUT2D eigenvalue weighted by molar-refractivity contribution is -0.172. The summed E-state index contributed by atoms with van der Waals surface area (Å²) in [6.07, 6.45) is 1.15. The van der Waals surface area contributed by atoms with Gasteiger partial charge < -0.3 is 24.4 Å². The molecule has 1 fully saturated rings. The van der Waals surface area contributed by atoms with Gasteiger partial charge in [0.05, 0.1) is 41.7 Å². The van der Waals surface area contributed by atoms with Crippen LogP contribution in [0.15, 0.2) is 16.9 Å². The number of ether oxygens (including phenoxy) is 1. The van der Waals surface area contributed by atoms with Gasteiger partial charge in [-0.2, -0.15) is 0 Å². The number of aliphatic hydroxyl groups excluding tert-OH is 1. The number of rotatable bonds is 3. The Kier molecular flexibility index (Phi) is 4.41. The van der Waals surface area contributed by atoms with Crippen LogP contribution in [0.2, 0.25) is 0 Å². The summed E-state index contributed by atoms with van der Waals surface area (Å²) in [6.45, 7) is 3.05. The van der Waals surface area contributed by atoms with Crippen molar-refractivity contribution in [2.75, 3.05) is 6.61 Å². The number of carbonyl (C=O) groups is 2. The van der Waals surface area contributed by atoms with E-state index < -0.39 is 17.6 Å². The van der Waals surface area contributed by atoms with E-state index in [1.54, 1.807) is 29.4 Å². The SMILES string of the molecule is CC[C@@]1(O)C(=O)OCc2c1cc1n(c2=O)Cc2c-1nc1cc(F)c(C)c3c1c2[C@@H](N1C(=O)C1CO)CC3. The van der Waals surface area contributed by atoms with Crippen LogP contribution in [0.1, 0.15) is 59.2 Å². The molecule has 3 atom stereocenters. The van der Waals surface area contributed by atoms with E-state index in [1.807, 2.05) is 0 Å². The van der Waals surface area contributed by atoms with Gasteiger partial charge >= 0.3 is 5.97 Å². The average Bonchev–Trinajstić information content (AvgIpc) is 3.40. The van der Waals surface area contributed by atoms with Crippen LogP contribution in [-0.4, -0.2) is 49.2 Å². The first kappa shape index (κ1) is 22.6. The van der Waals surface area contributed by atoms with Crippen LogP contribution in [0.3, 0.4) is 0 Å². The first-order valence-electron chi connectivity index (χ1n) is 12.5. The number of aromatic nitrogens is 2. The van der Waals surface area contributed by atoms with E-state index in [1.165, 1.54) is 6.07 Å². The van der Waals surface area contributed by atoms with E-state index in [9.17, 15) is 29.0 Å². The molecule has 1 unspecified atom stereocenters. The zero-order valence-electron chi connectivity index (χ0n) is 20.3. The normalized spacial score (nSPS) is 25.2. The number of amides is 1. The predicted molar refractivity (Wildman–Crippen MR) is 128 cm³/mol. The minimum atomic E-state index is -1.95. The summed E-state index contributed by atoms with van der Waals surface area (Å²) in [4.78, 5) is 45.1. The third kappa shape index (κ3) is 2.69. The fraction of sp³-hybridized carbons (Fsp3) is 0.407. The molecule has 7 rings (SSSR count). The van der Waals surface area contributed by atoms with Gasteiger partial charge in [0, 0.05) is 22.6 Å². The van der Waals surface area contributed by atoms with Gasteiger partial charge in [0.15, 0.2) is 5.60 Å². The number of fused-ring (bicyclic) bond motifs is 5. The highest BCUT2D eigenvalue weighted by atomic mass is 19.1. The maximum absolute atomic E-state index is 14.9. The molecule has 10 heteroatoms. The number of esters is 1. The number of aryl methyl sites for hydroxylation is 1. The average molecular weight is 506 g/mol. The van der Waals surface area contributed by atoms with Crippen molar-refractivity contribution in [3.05, 3.63) is 61.7 Å². The van der Waals surface area contributed by atoms with Crippen molar-refractivity contribution < 1.29 is 28.9 Å². The number of cyclic esters (lactones) is 1. The molecule has 190 valence electrons. The third-order valence-electron chi connectivity index (χ3n) is 8.66. The van der Waals surface area contributed by atoms with Crippen LogP contribution in [0.4, 0.5) is 4.39 Å². The summed E-state index contributed by atoms with van der Waals surface area (Å²) in [5, 5.41) is 21.6. The monoisotopic (exact) mass is 505 g/mol. The largest absolute Gasteiger partial charge is 0.458 e. The summed E-state index contributed by atoms with van der Waals surface area (Å²) in [6, 6.07) is 2.10. The molecule has 1 aliphatic carbocycles. The van der Waals surface area contributed by atoms with Crippen LogP contribution in [0.25, 0.3) is 22.3 Å². The number of hydrogen-bond donors (Lipinski definition) is 2. The standard InChI is InChI=1S/C27H24FN3O6/c1-3-27(36)15-6-19-23-13(8-30(19)24(33)14(15)10-37-26(27)35)22-18(31-20(9-32)25(31)34)5-4-12-11(2)16(28)7-17(29-23)21(12)22/h6-7,18,20,32,36H,3-5,8-10H2,1-2H3/t18-,20?,27-,31?/m0/s1. The van der Waals surface area contributed by atoms with Gasteiger partial charge in [-0.3, -0.25) is 9.59 Å². The van der Waals surface area contributed by atoms with Gasteiger partial charge in [-0.25, -0.2) is 14.2 Å². The Balaban J connectivity index is 1.53. The summed E-state index contributed by atoms with van der Waals surface area (Å²) >= 11 is 0. The molecular weight excluding hydrogens is 481 g/mol. The predicted octanol–water partition coefficient (Wildman–Crippen LogP) is 1.72. The highest BCUT2D eigenvalue weighted by Gasteiger charge is 2.52. The van der Waals surface area contributed by atoms with E-state index in [0.717, 1.165) is 22.1 Å². The lowest BCUT2D eigenvalue weighted by atomic mass is 9.81. The Morgan fingerprint density at radius 2 is 2.00 bits per heavy atom. The van der Waals surface area contributed by atoms with Gasteiger partial charge in [0.1, 0.15) is 18.5 Å². The van der Waals surface area contributed by atoms with Gasteiger partial charge in [-0.15, -0.1) is 0 Å². The van der Waals surface area contributed by atoms with E-state index in [0.29, 0.717) is 35.3 Å². The molecule has 3 aromatic rings. The molecule has 1 saturated heterocycles. The van der Waals surface area contributed by atoms with Gasteiger partial charge in [-0.1, -0.05) is 6.92 Å². The van der Waals surface area contributed by atoms with Gasteiger partial charge in [0.25, 0.3) is 5.56 Å². The summed E-state index contributed by atoms with van der Waals surface area (Å²) in [5.74, 6) is -1.32. The second-order valence-electron chi connectivity index (χ2n) is 10.3. The highest BCUT2D eigenvalue weighted by Crippen LogP contribution is 2.49. The molecule has 0 spiro atoms. The van der Waals surface area contributed by atoms with Crippen molar-refractivity contribution >= 4 is 22.8 Å². The van der Waals surface area contributed by atoms with Crippen LogP contribution < -0.4 is 5.56 Å². The summed E-state index contributed by atoms with van der Waals surface area (Å²) in [5.41, 5.74) is 2.39. The van der Waals surface area contributed by atoms with Gasteiger partial charge in [-0.05, 0) is 48.9 Å². The molecule has 5 heterocycles. The van der Waals surface area contributed by atoms with Crippen molar-refractivity contribution in [3.63, 3.8) is 0 Å². The Hall–Kier alpha value is -3.63. The number of aliphatic hydroxyl groups is 2.